The van der Waals surface area contributed by atoms with Crippen molar-refractivity contribution in [3.63, 3.8) is 0 Å². The summed E-state index contributed by atoms with van der Waals surface area (Å²) in [6.45, 7) is 1.87. The van der Waals surface area contributed by atoms with Crippen LogP contribution in [0.3, 0.4) is 0 Å². The molecule has 0 bridgehead atoms. The number of carbonyl (C=O) groups is 1. The van der Waals surface area contributed by atoms with E-state index in [2.05, 4.69) is 10.3 Å². The topological polar surface area (TPSA) is 65.8 Å². The number of anilines is 1. The van der Waals surface area contributed by atoms with Crippen molar-refractivity contribution in [2.24, 2.45) is 0 Å². The number of aromatic nitrogens is 1. The first kappa shape index (κ1) is 11.3. The molecule has 0 saturated heterocycles. The lowest BCUT2D eigenvalue weighted by molar-refractivity contribution is 0.102. The van der Waals surface area contributed by atoms with Gasteiger partial charge < -0.3 is 5.32 Å². The van der Waals surface area contributed by atoms with E-state index in [9.17, 15) is 4.79 Å². The lowest BCUT2D eigenvalue weighted by Crippen LogP contribution is -2.13. The molecule has 0 aliphatic heterocycles. The van der Waals surface area contributed by atoms with Gasteiger partial charge in [0.05, 0.1) is 17.1 Å². The Bertz CT molecular complexity index is 584. The highest BCUT2D eigenvalue weighted by atomic mass is 32.1. The van der Waals surface area contributed by atoms with E-state index in [1.807, 2.05) is 13.0 Å². The Morgan fingerprint density at radius 1 is 1.53 bits per heavy atom. The molecular weight excluding hydrogens is 234 g/mol. The standard InChI is InChI=1S/C12H9N3OS/c1-8-2-3-9(5-13)4-10(8)15-12(16)11-6-17-7-14-11/h2-4,6-7H,1H3,(H,15,16). The summed E-state index contributed by atoms with van der Waals surface area (Å²) in [5, 5.41) is 13.2. The first-order valence-corrected chi connectivity index (χ1v) is 5.85. The van der Waals surface area contributed by atoms with E-state index in [0.717, 1.165) is 5.56 Å². The number of benzene rings is 1. The molecule has 1 aromatic carbocycles. The summed E-state index contributed by atoms with van der Waals surface area (Å²) >= 11 is 1.37. The summed E-state index contributed by atoms with van der Waals surface area (Å²) in [6, 6.07) is 7.21. The summed E-state index contributed by atoms with van der Waals surface area (Å²) in [5.74, 6) is -0.260. The summed E-state index contributed by atoms with van der Waals surface area (Å²) in [7, 11) is 0. The molecule has 1 amide bonds. The first-order chi connectivity index (χ1) is 8.20. The number of thiazole rings is 1. The van der Waals surface area contributed by atoms with Gasteiger partial charge in [-0.1, -0.05) is 6.07 Å². The zero-order valence-electron chi connectivity index (χ0n) is 9.10. The first-order valence-electron chi connectivity index (χ1n) is 4.91. The van der Waals surface area contributed by atoms with Gasteiger partial charge in [0.25, 0.3) is 5.91 Å². The second-order valence-electron chi connectivity index (χ2n) is 3.47. The predicted octanol–water partition coefficient (Wildman–Crippen LogP) is 2.58. The largest absolute Gasteiger partial charge is 0.320 e. The van der Waals surface area contributed by atoms with Gasteiger partial charge >= 0.3 is 0 Å². The average Bonchev–Trinajstić information content (AvgIpc) is 2.85. The van der Waals surface area contributed by atoms with E-state index in [4.69, 9.17) is 5.26 Å². The van der Waals surface area contributed by atoms with Gasteiger partial charge in [-0.2, -0.15) is 5.26 Å². The molecule has 0 radical (unpaired) electrons. The van der Waals surface area contributed by atoms with Crippen molar-refractivity contribution in [3.05, 3.63) is 45.9 Å². The molecule has 2 aromatic rings. The van der Waals surface area contributed by atoms with Crippen LogP contribution in [-0.2, 0) is 0 Å². The third kappa shape index (κ3) is 2.49. The Morgan fingerprint density at radius 3 is 3.00 bits per heavy atom. The minimum absolute atomic E-state index is 0.260. The van der Waals surface area contributed by atoms with Crippen molar-refractivity contribution < 1.29 is 4.79 Å². The van der Waals surface area contributed by atoms with Crippen LogP contribution in [-0.4, -0.2) is 10.9 Å². The fourth-order valence-electron chi connectivity index (χ4n) is 1.34. The van der Waals surface area contributed by atoms with Crippen molar-refractivity contribution in [3.8, 4) is 6.07 Å². The number of hydrogen-bond donors (Lipinski definition) is 1. The number of rotatable bonds is 2. The monoisotopic (exact) mass is 243 g/mol. The Hall–Kier alpha value is -2.19. The molecule has 1 aromatic heterocycles. The van der Waals surface area contributed by atoms with Gasteiger partial charge in [0.15, 0.2) is 0 Å². The molecule has 0 fully saturated rings. The summed E-state index contributed by atoms with van der Waals surface area (Å²) in [6.07, 6.45) is 0. The normalized spacial score (nSPS) is 9.65. The molecule has 0 aliphatic carbocycles. The average molecular weight is 243 g/mol. The smallest absolute Gasteiger partial charge is 0.275 e. The predicted molar refractivity (Wildman–Crippen MR) is 66.0 cm³/mol. The molecular formula is C12H9N3OS. The summed E-state index contributed by atoms with van der Waals surface area (Å²) in [5.41, 5.74) is 4.06. The van der Waals surface area contributed by atoms with Crippen LogP contribution in [0.5, 0.6) is 0 Å². The van der Waals surface area contributed by atoms with Crippen molar-refractivity contribution in [1.29, 1.82) is 5.26 Å². The molecule has 5 heteroatoms. The Balaban J connectivity index is 2.25. The van der Waals surface area contributed by atoms with Crippen molar-refractivity contribution in [2.45, 2.75) is 6.92 Å². The van der Waals surface area contributed by atoms with Gasteiger partial charge in [0.1, 0.15) is 5.69 Å². The number of nitriles is 1. The lowest BCUT2D eigenvalue weighted by atomic mass is 10.1. The second kappa shape index (κ2) is 4.76. The molecule has 1 N–H and O–H groups in total. The fraction of sp³-hybridized carbons (Fsp3) is 0.0833. The molecule has 1 heterocycles. The third-order valence-corrected chi connectivity index (χ3v) is 2.87. The van der Waals surface area contributed by atoms with Crippen molar-refractivity contribution >= 4 is 22.9 Å². The van der Waals surface area contributed by atoms with Gasteiger partial charge in [0.2, 0.25) is 0 Å². The van der Waals surface area contributed by atoms with Gasteiger partial charge in [-0.3, -0.25) is 4.79 Å². The highest BCUT2D eigenvalue weighted by Crippen LogP contribution is 2.17. The second-order valence-corrected chi connectivity index (χ2v) is 4.19. The van der Waals surface area contributed by atoms with Gasteiger partial charge in [-0.25, -0.2) is 4.98 Å². The number of aryl methyl sites for hydroxylation is 1. The van der Waals surface area contributed by atoms with E-state index in [1.54, 1.807) is 29.1 Å². The minimum Gasteiger partial charge on any atom is -0.320 e. The van der Waals surface area contributed by atoms with Crippen LogP contribution >= 0.6 is 11.3 Å². The van der Waals surface area contributed by atoms with Crippen LogP contribution in [0.1, 0.15) is 21.6 Å². The molecule has 0 unspecified atom stereocenters. The van der Waals surface area contributed by atoms with E-state index in [1.165, 1.54) is 11.3 Å². The maximum absolute atomic E-state index is 11.8. The van der Waals surface area contributed by atoms with Crippen LogP contribution in [0.4, 0.5) is 5.69 Å². The molecule has 17 heavy (non-hydrogen) atoms. The molecule has 84 valence electrons. The minimum atomic E-state index is -0.260. The van der Waals surface area contributed by atoms with Crippen LogP contribution in [0.2, 0.25) is 0 Å². The Labute approximate surface area is 103 Å². The van der Waals surface area contributed by atoms with Crippen LogP contribution in [0.25, 0.3) is 0 Å². The fourth-order valence-corrected chi connectivity index (χ4v) is 1.87. The van der Waals surface area contributed by atoms with E-state index in [0.29, 0.717) is 16.9 Å². The van der Waals surface area contributed by atoms with Gasteiger partial charge in [-0.05, 0) is 24.6 Å². The molecule has 2 rings (SSSR count). The van der Waals surface area contributed by atoms with E-state index < -0.39 is 0 Å². The third-order valence-electron chi connectivity index (χ3n) is 2.28. The highest BCUT2D eigenvalue weighted by molar-refractivity contribution is 7.07. The summed E-state index contributed by atoms with van der Waals surface area (Å²) < 4.78 is 0. The lowest BCUT2D eigenvalue weighted by Gasteiger charge is -2.07. The Morgan fingerprint density at radius 2 is 2.35 bits per heavy atom. The zero-order chi connectivity index (χ0) is 12.3. The van der Waals surface area contributed by atoms with Crippen molar-refractivity contribution in [2.75, 3.05) is 5.32 Å². The van der Waals surface area contributed by atoms with Crippen LogP contribution in [0.15, 0.2) is 29.1 Å². The van der Waals surface area contributed by atoms with E-state index in [-0.39, 0.29) is 5.91 Å². The number of hydrogen-bond acceptors (Lipinski definition) is 4. The van der Waals surface area contributed by atoms with Crippen LogP contribution < -0.4 is 5.32 Å². The molecule has 0 atom stereocenters. The summed E-state index contributed by atoms with van der Waals surface area (Å²) in [4.78, 5) is 15.7. The Kier molecular flexibility index (Phi) is 3.17. The van der Waals surface area contributed by atoms with E-state index >= 15 is 0 Å². The number of nitrogens with zero attached hydrogens (tertiary/aromatic N) is 2. The quantitative estimate of drug-likeness (QED) is 0.881. The maximum Gasteiger partial charge on any atom is 0.275 e. The molecule has 4 nitrogen and oxygen atoms in total. The zero-order valence-corrected chi connectivity index (χ0v) is 9.91. The van der Waals surface area contributed by atoms with Crippen molar-refractivity contribution in [1.82, 2.24) is 4.98 Å². The SMILES string of the molecule is Cc1ccc(C#N)cc1NC(=O)c1cscn1. The van der Waals surface area contributed by atoms with Gasteiger partial charge in [-0.15, -0.1) is 11.3 Å². The molecule has 0 spiro atoms. The number of amides is 1. The van der Waals surface area contributed by atoms with Gasteiger partial charge in [0, 0.05) is 11.1 Å². The highest BCUT2D eigenvalue weighted by Gasteiger charge is 2.09. The maximum atomic E-state index is 11.8. The number of nitrogens with one attached hydrogen (secondary N) is 1. The molecule has 0 aliphatic rings. The number of carbonyl (C=O) groups excluding carboxylic acids is 1. The molecule has 0 saturated carbocycles. The van der Waals surface area contributed by atoms with Crippen LogP contribution in [0, 0.1) is 18.3 Å².